The normalized spacial score (nSPS) is 13.5. The highest BCUT2D eigenvalue weighted by molar-refractivity contribution is 5.95. The van der Waals surface area contributed by atoms with Crippen LogP contribution >= 0.6 is 0 Å². The van der Waals surface area contributed by atoms with Gasteiger partial charge in [0.1, 0.15) is 12.4 Å². The molecule has 2 aromatic rings. The lowest BCUT2D eigenvalue weighted by Crippen LogP contribution is -2.33. The fourth-order valence-electron chi connectivity index (χ4n) is 2.80. The Morgan fingerprint density at radius 2 is 1.85 bits per heavy atom. The molecule has 2 aromatic carbocycles. The van der Waals surface area contributed by atoms with E-state index in [-0.39, 0.29) is 18.4 Å². The Kier molecular flexibility index (Phi) is 6.09. The highest BCUT2D eigenvalue weighted by atomic mass is 16.5. The van der Waals surface area contributed by atoms with Crippen LogP contribution in [0.15, 0.2) is 54.6 Å². The molecular formula is C20H23N3O3. The molecule has 0 radical (unpaired) electrons. The molecule has 0 aliphatic carbocycles. The van der Waals surface area contributed by atoms with E-state index >= 15 is 0 Å². The molecule has 3 rings (SSSR count). The minimum atomic E-state index is -0.0968. The molecule has 2 amide bonds. The van der Waals surface area contributed by atoms with Crippen molar-refractivity contribution >= 4 is 23.2 Å². The lowest BCUT2D eigenvalue weighted by molar-refractivity contribution is -0.119. The maximum absolute atomic E-state index is 11.9. The van der Waals surface area contributed by atoms with Crippen LogP contribution in [0.4, 0.5) is 11.4 Å². The molecule has 136 valence electrons. The average molecular weight is 353 g/mol. The van der Waals surface area contributed by atoms with Crippen molar-refractivity contribution in [3.63, 3.8) is 0 Å². The summed E-state index contributed by atoms with van der Waals surface area (Å²) in [4.78, 5) is 25.4. The minimum absolute atomic E-state index is 0.0968. The van der Waals surface area contributed by atoms with Gasteiger partial charge in [-0.3, -0.25) is 9.59 Å². The first-order chi connectivity index (χ1) is 12.7. The molecule has 1 saturated heterocycles. The molecule has 2 N–H and O–H groups in total. The molecule has 0 unspecified atom stereocenters. The molecule has 0 atom stereocenters. The smallest absolute Gasteiger partial charge is 0.239 e. The molecule has 0 bridgehead atoms. The van der Waals surface area contributed by atoms with Crippen molar-refractivity contribution < 1.29 is 14.3 Å². The number of carbonyl (C=O) groups is 2. The van der Waals surface area contributed by atoms with Crippen molar-refractivity contribution in [1.82, 2.24) is 5.32 Å². The maximum atomic E-state index is 11.9. The summed E-state index contributed by atoms with van der Waals surface area (Å²) in [6.07, 6.45) is 1.53. The largest absolute Gasteiger partial charge is 0.492 e. The zero-order valence-electron chi connectivity index (χ0n) is 14.6. The zero-order valence-corrected chi connectivity index (χ0v) is 14.6. The molecule has 0 aromatic heterocycles. The summed E-state index contributed by atoms with van der Waals surface area (Å²) in [6.45, 7) is 1.84. The third-order valence-corrected chi connectivity index (χ3v) is 4.14. The summed E-state index contributed by atoms with van der Waals surface area (Å²) in [6, 6.07) is 17.1. The standard InChI is InChI=1S/C20H23N3O3/c24-19(21-12-14-26-18-5-2-1-3-6-18)15-22-16-8-10-17(11-9-16)23-13-4-7-20(23)25/h1-3,5-6,8-11,22H,4,7,12-15H2,(H,21,24). The second-order valence-corrected chi connectivity index (χ2v) is 6.06. The van der Waals surface area contributed by atoms with Crippen molar-refractivity contribution in [2.45, 2.75) is 12.8 Å². The number of para-hydroxylation sites is 1. The van der Waals surface area contributed by atoms with E-state index in [9.17, 15) is 9.59 Å². The van der Waals surface area contributed by atoms with Gasteiger partial charge in [-0.25, -0.2) is 0 Å². The first-order valence-corrected chi connectivity index (χ1v) is 8.81. The van der Waals surface area contributed by atoms with Gasteiger partial charge < -0.3 is 20.3 Å². The Labute approximate surface area is 153 Å². The fourth-order valence-corrected chi connectivity index (χ4v) is 2.80. The Hall–Kier alpha value is -3.02. The van der Waals surface area contributed by atoms with Gasteiger partial charge >= 0.3 is 0 Å². The molecule has 0 spiro atoms. The van der Waals surface area contributed by atoms with Crippen molar-refractivity contribution in [3.05, 3.63) is 54.6 Å². The van der Waals surface area contributed by atoms with Gasteiger partial charge in [0, 0.05) is 24.3 Å². The van der Waals surface area contributed by atoms with Gasteiger partial charge in [-0.1, -0.05) is 18.2 Å². The van der Waals surface area contributed by atoms with Gasteiger partial charge in [0.15, 0.2) is 0 Å². The van der Waals surface area contributed by atoms with E-state index in [1.807, 2.05) is 54.6 Å². The van der Waals surface area contributed by atoms with Crippen LogP contribution < -0.4 is 20.3 Å². The number of carbonyl (C=O) groups excluding carboxylic acids is 2. The van der Waals surface area contributed by atoms with E-state index in [1.165, 1.54) is 0 Å². The molecule has 6 heteroatoms. The van der Waals surface area contributed by atoms with Gasteiger partial charge in [0.2, 0.25) is 11.8 Å². The average Bonchev–Trinajstić information content (AvgIpc) is 3.11. The van der Waals surface area contributed by atoms with Gasteiger partial charge in [-0.2, -0.15) is 0 Å². The SMILES string of the molecule is O=C(CNc1ccc(N2CCCC2=O)cc1)NCCOc1ccccc1. The Bertz CT molecular complexity index is 732. The predicted octanol–water partition coefficient (Wildman–Crippen LogP) is 2.42. The van der Waals surface area contributed by atoms with E-state index < -0.39 is 0 Å². The lowest BCUT2D eigenvalue weighted by Gasteiger charge is -2.16. The number of nitrogens with zero attached hydrogens (tertiary/aromatic N) is 1. The van der Waals surface area contributed by atoms with Crippen LogP contribution in [0, 0.1) is 0 Å². The minimum Gasteiger partial charge on any atom is -0.492 e. The van der Waals surface area contributed by atoms with E-state index in [0.29, 0.717) is 19.6 Å². The van der Waals surface area contributed by atoms with E-state index in [1.54, 1.807) is 4.90 Å². The topological polar surface area (TPSA) is 70.7 Å². The molecule has 1 heterocycles. The van der Waals surface area contributed by atoms with Crippen molar-refractivity contribution in [2.24, 2.45) is 0 Å². The molecule has 1 aliphatic rings. The van der Waals surface area contributed by atoms with Gasteiger partial charge in [0.25, 0.3) is 0 Å². The third-order valence-electron chi connectivity index (χ3n) is 4.14. The Balaban J connectivity index is 1.35. The summed E-state index contributed by atoms with van der Waals surface area (Å²) in [5.41, 5.74) is 1.75. The number of hydrogen-bond acceptors (Lipinski definition) is 4. The summed E-state index contributed by atoms with van der Waals surface area (Å²) in [5.74, 6) is 0.861. The first kappa shape index (κ1) is 17.8. The van der Waals surface area contributed by atoms with Crippen LogP contribution in [0.5, 0.6) is 5.75 Å². The van der Waals surface area contributed by atoms with E-state index in [4.69, 9.17) is 4.74 Å². The molecule has 6 nitrogen and oxygen atoms in total. The van der Waals surface area contributed by atoms with Crippen LogP contribution in [0.25, 0.3) is 0 Å². The quantitative estimate of drug-likeness (QED) is 0.715. The Morgan fingerprint density at radius 3 is 2.54 bits per heavy atom. The third kappa shape index (κ3) is 4.99. The van der Waals surface area contributed by atoms with Crippen molar-refractivity contribution in [3.8, 4) is 5.75 Å². The summed E-state index contributed by atoms with van der Waals surface area (Å²) < 4.78 is 5.52. The number of hydrogen-bond donors (Lipinski definition) is 2. The van der Waals surface area contributed by atoms with Crippen LogP contribution in [0.1, 0.15) is 12.8 Å². The fraction of sp³-hybridized carbons (Fsp3) is 0.300. The number of amides is 2. The monoisotopic (exact) mass is 353 g/mol. The van der Waals surface area contributed by atoms with E-state index in [2.05, 4.69) is 10.6 Å². The van der Waals surface area contributed by atoms with E-state index in [0.717, 1.165) is 30.1 Å². The van der Waals surface area contributed by atoms with Crippen LogP contribution in [0.3, 0.4) is 0 Å². The highest BCUT2D eigenvalue weighted by Gasteiger charge is 2.21. The van der Waals surface area contributed by atoms with Crippen molar-refractivity contribution in [2.75, 3.05) is 36.5 Å². The summed E-state index contributed by atoms with van der Waals surface area (Å²) in [7, 11) is 0. The van der Waals surface area contributed by atoms with Crippen molar-refractivity contribution in [1.29, 1.82) is 0 Å². The second-order valence-electron chi connectivity index (χ2n) is 6.06. The number of anilines is 2. The van der Waals surface area contributed by atoms with Gasteiger partial charge in [-0.05, 0) is 42.8 Å². The molecule has 1 fully saturated rings. The predicted molar refractivity (Wildman–Crippen MR) is 101 cm³/mol. The molecule has 26 heavy (non-hydrogen) atoms. The van der Waals surface area contributed by atoms with Crippen LogP contribution in [0.2, 0.25) is 0 Å². The highest BCUT2D eigenvalue weighted by Crippen LogP contribution is 2.22. The van der Waals surface area contributed by atoms with Gasteiger partial charge in [-0.15, -0.1) is 0 Å². The molecular weight excluding hydrogens is 330 g/mol. The van der Waals surface area contributed by atoms with Crippen LogP contribution in [-0.2, 0) is 9.59 Å². The van der Waals surface area contributed by atoms with Gasteiger partial charge in [0.05, 0.1) is 13.1 Å². The second kappa shape index (κ2) is 8.89. The summed E-state index contributed by atoms with van der Waals surface area (Å²) in [5, 5.41) is 5.88. The number of benzene rings is 2. The first-order valence-electron chi connectivity index (χ1n) is 8.81. The number of nitrogens with one attached hydrogen (secondary N) is 2. The molecule has 1 aliphatic heterocycles. The Morgan fingerprint density at radius 1 is 1.08 bits per heavy atom. The lowest BCUT2D eigenvalue weighted by atomic mass is 10.2. The van der Waals surface area contributed by atoms with Crippen LogP contribution in [-0.4, -0.2) is 38.1 Å². The maximum Gasteiger partial charge on any atom is 0.239 e. The number of ether oxygens (including phenoxy) is 1. The number of rotatable bonds is 8. The zero-order chi connectivity index (χ0) is 18.2. The summed E-state index contributed by atoms with van der Waals surface area (Å²) >= 11 is 0. The molecule has 0 saturated carbocycles.